The van der Waals surface area contributed by atoms with Crippen molar-refractivity contribution in [2.24, 2.45) is 0 Å². The summed E-state index contributed by atoms with van der Waals surface area (Å²) < 4.78 is 20.5. The third-order valence-corrected chi connectivity index (χ3v) is 14.2. The summed E-state index contributed by atoms with van der Waals surface area (Å²) in [7, 11) is -2.64. The molecular weight excluding hydrogens is 849 g/mol. The van der Waals surface area contributed by atoms with Crippen LogP contribution in [0, 0.1) is 12.1 Å². The molecule has 6 heteroatoms. The van der Waals surface area contributed by atoms with Crippen LogP contribution in [-0.4, -0.2) is 26.1 Å². The fourth-order valence-corrected chi connectivity index (χ4v) is 9.57. The molecule has 0 saturated heterocycles. The first-order valence-electron chi connectivity index (χ1n) is 18.1. The molecule has 0 aliphatic carbocycles. The van der Waals surface area contributed by atoms with E-state index in [2.05, 4.69) is 97.8 Å². The number of benzene rings is 5. The Hall–Kier alpha value is -4.04. The van der Waals surface area contributed by atoms with Crippen molar-refractivity contribution in [3.63, 3.8) is 0 Å². The normalized spacial score (nSPS) is 12.5. The number of rotatable bonds is 6. The van der Waals surface area contributed by atoms with E-state index in [1.165, 1.54) is 25.8 Å². The van der Waals surface area contributed by atoms with Crippen molar-refractivity contribution in [2.75, 3.05) is 0 Å². The van der Waals surface area contributed by atoms with Gasteiger partial charge in [0.05, 0.1) is 16.1 Å². The zero-order valence-corrected chi connectivity index (χ0v) is 35.0. The number of fused-ring (bicyclic) bond motifs is 4. The van der Waals surface area contributed by atoms with Gasteiger partial charge in [-0.15, -0.1) is 59.7 Å². The van der Waals surface area contributed by atoms with Gasteiger partial charge in [0, 0.05) is 39.9 Å². The smallest absolute Gasteiger partial charge is 0.0795 e. The van der Waals surface area contributed by atoms with Crippen LogP contribution < -0.4 is 10.4 Å². The van der Waals surface area contributed by atoms with E-state index in [1.54, 1.807) is 23.6 Å². The van der Waals surface area contributed by atoms with Crippen molar-refractivity contribution >= 4 is 68.8 Å². The molecule has 0 amide bonds. The van der Waals surface area contributed by atoms with Crippen LogP contribution in [0.25, 0.3) is 53.5 Å². The molecule has 0 aliphatic heterocycles. The molecular formula is C45H42IrN2SSi2-2. The molecule has 0 fully saturated rings. The number of aromatic nitrogens is 2. The summed E-state index contributed by atoms with van der Waals surface area (Å²) in [5, 5.41) is 7.46. The van der Waals surface area contributed by atoms with E-state index in [1.807, 2.05) is 85.1 Å². The summed E-state index contributed by atoms with van der Waals surface area (Å²) in [6.45, 7) is 14.1. The Balaban J connectivity index is 0.000000238. The van der Waals surface area contributed by atoms with Gasteiger partial charge in [-0.1, -0.05) is 123 Å². The minimum Gasteiger partial charge on any atom is -0.305 e. The van der Waals surface area contributed by atoms with Gasteiger partial charge in [-0.2, -0.15) is 11.3 Å². The zero-order valence-electron chi connectivity index (χ0n) is 31.8. The van der Waals surface area contributed by atoms with Gasteiger partial charge in [-0.25, -0.2) is 0 Å². The first-order chi connectivity index (χ1) is 24.8. The van der Waals surface area contributed by atoms with Crippen molar-refractivity contribution in [1.82, 2.24) is 9.97 Å². The van der Waals surface area contributed by atoms with Crippen LogP contribution in [0.2, 0.25) is 39.3 Å². The molecule has 257 valence electrons. The molecule has 0 aliphatic rings. The Kier molecular flexibility index (Phi) is 10.2. The van der Waals surface area contributed by atoms with E-state index < -0.39 is 22.5 Å². The molecule has 2 nitrogen and oxygen atoms in total. The van der Waals surface area contributed by atoms with Crippen LogP contribution in [0.3, 0.4) is 0 Å². The quantitative estimate of drug-likeness (QED) is 0.123. The molecule has 0 bridgehead atoms. The summed E-state index contributed by atoms with van der Waals surface area (Å²) >= 11 is 1.78. The molecule has 3 aromatic heterocycles. The summed E-state index contributed by atoms with van der Waals surface area (Å²) in [4.78, 5) is 9.18. The van der Waals surface area contributed by atoms with Gasteiger partial charge in [0.2, 0.25) is 0 Å². The number of hydrogen-bond acceptors (Lipinski definition) is 3. The second-order valence-corrected chi connectivity index (χ2v) is 25.9. The summed E-state index contributed by atoms with van der Waals surface area (Å²) in [6, 6.07) is 47.4. The van der Waals surface area contributed by atoms with Gasteiger partial charge in [-0.3, -0.25) is 0 Å². The van der Waals surface area contributed by atoms with E-state index in [0.717, 1.165) is 38.0 Å². The van der Waals surface area contributed by atoms with Crippen molar-refractivity contribution in [2.45, 2.75) is 45.7 Å². The maximum Gasteiger partial charge on any atom is 0.0795 e. The molecule has 0 unspecified atom stereocenters. The maximum atomic E-state index is 9.01. The molecule has 8 rings (SSSR count). The Labute approximate surface area is 324 Å². The standard InChI is InChI=1S/C31H26NSSi.C14H16NSi.Ir/c1-34(2,3)25-13-14-26-27-9-6-10-28(31(27)33-30(26)20-25)29-19-22(15-16-32-29)17-21-11-12-23-7-4-5-8-24(23)18-21;1-16(2,3)13-9-10-14(15-11-13)12-7-5-4-6-8-12;/h4-9,11-16,18-20H,17H2,1-3H3;4-7,9-11H,1-3H3;/q2*-1;/i17D2;;. The SMILES string of the molecule is C[Si](C)(C)c1ccc(-c2[c-]cccc2)nc1.[2H]C([2H])(c1ccnc(-c2[c-]ccc3c2sc2cc([Si](C)(C)C)ccc23)c1)c1ccc2ccccc2c1.[Ir]. The molecule has 3 heterocycles. The van der Waals surface area contributed by atoms with E-state index >= 15 is 0 Å². The van der Waals surface area contributed by atoms with Gasteiger partial charge in [-0.05, 0) is 67.1 Å². The first kappa shape index (κ1) is 34.1. The van der Waals surface area contributed by atoms with Gasteiger partial charge in [0.25, 0.3) is 0 Å². The fraction of sp³-hybridized carbons (Fsp3) is 0.156. The summed E-state index contributed by atoms with van der Waals surface area (Å²) in [5.41, 5.74) is 4.97. The third-order valence-electron chi connectivity index (χ3n) is 8.97. The second kappa shape index (κ2) is 15.3. The van der Waals surface area contributed by atoms with E-state index in [4.69, 9.17) is 2.74 Å². The Morgan fingerprint density at radius 1 is 0.627 bits per heavy atom. The average molecular weight is 893 g/mol. The van der Waals surface area contributed by atoms with Gasteiger partial charge < -0.3 is 9.97 Å². The monoisotopic (exact) mass is 893 g/mol. The summed E-state index contributed by atoms with van der Waals surface area (Å²) in [5.74, 6) is 0. The molecule has 0 atom stereocenters. The molecule has 0 N–H and O–H groups in total. The number of pyridine rings is 2. The maximum absolute atomic E-state index is 9.01. The predicted molar refractivity (Wildman–Crippen MR) is 223 cm³/mol. The summed E-state index contributed by atoms with van der Waals surface area (Å²) in [6.07, 6.45) is 2.08. The van der Waals surface area contributed by atoms with Crippen molar-refractivity contribution < 1.29 is 22.8 Å². The van der Waals surface area contributed by atoms with Crippen LogP contribution >= 0.6 is 11.3 Å². The number of hydrogen-bond donors (Lipinski definition) is 0. The predicted octanol–water partition coefficient (Wildman–Crippen LogP) is 11.3. The molecule has 8 aromatic rings. The van der Waals surface area contributed by atoms with Gasteiger partial charge in [0.15, 0.2) is 0 Å². The Bertz CT molecular complexity index is 2520. The van der Waals surface area contributed by atoms with Gasteiger partial charge >= 0.3 is 0 Å². The average Bonchev–Trinajstić information content (AvgIpc) is 3.53. The topological polar surface area (TPSA) is 25.8 Å². The number of thiophene rings is 1. The van der Waals surface area contributed by atoms with E-state index in [-0.39, 0.29) is 20.1 Å². The van der Waals surface area contributed by atoms with Crippen LogP contribution in [0.1, 0.15) is 13.9 Å². The first-order valence-corrected chi connectivity index (χ1v) is 24.9. The van der Waals surface area contributed by atoms with Crippen molar-refractivity contribution in [3.8, 4) is 22.5 Å². The molecule has 0 saturated carbocycles. The van der Waals surface area contributed by atoms with Crippen LogP contribution in [-0.2, 0) is 26.5 Å². The van der Waals surface area contributed by atoms with Crippen LogP contribution in [0.15, 0.2) is 134 Å². The van der Waals surface area contributed by atoms with Crippen LogP contribution in [0.5, 0.6) is 0 Å². The Morgan fingerprint density at radius 2 is 1.37 bits per heavy atom. The molecule has 1 radical (unpaired) electrons. The van der Waals surface area contributed by atoms with Crippen molar-refractivity contribution in [1.29, 1.82) is 0 Å². The molecule has 5 aromatic carbocycles. The minimum absolute atomic E-state index is 0. The van der Waals surface area contributed by atoms with Gasteiger partial charge in [0.1, 0.15) is 0 Å². The number of nitrogens with zero attached hydrogens (tertiary/aromatic N) is 2. The molecule has 51 heavy (non-hydrogen) atoms. The zero-order chi connectivity index (χ0) is 36.7. The third kappa shape index (κ3) is 8.38. The Morgan fingerprint density at radius 3 is 2.10 bits per heavy atom. The van der Waals surface area contributed by atoms with E-state index in [0.29, 0.717) is 11.1 Å². The van der Waals surface area contributed by atoms with Crippen LogP contribution in [0.4, 0.5) is 0 Å². The minimum atomic E-state index is -1.65. The second-order valence-electron chi connectivity index (χ2n) is 14.7. The van der Waals surface area contributed by atoms with E-state index in [9.17, 15) is 0 Å². The fourth-order valence-electron chi connectivity index (χ4n) is 6.03. The van der Waals surface area contributed by atoms with Crippen molar-refractivity contribution in [3.05, 3.63) is 157 Å². The molecule has 0 spiro atoms. The largest absolute Gasteiger partial charge is 0.305 e.